The van der Waals surface area contributed by atoms with Gasteiger partial charge in [0.2, 0.25) is 5.91 Å². The molecule has 0 aromatic rings. The highest BCUT2D eigenvalue weighted by Gasteiger charge is 2.47. The molecule has 2 rings (SSSR count). The molecule has 0 bridgehead atoms. The summed E-state index contributed by atoms with van der Waals surface area (Å²) in [5.41, 5.74) is 5.10. The van der Waals surface area contributed by atoms with Crippen LogP contribution in [-0.2, 0) is 4.79 Å². The van der Waals surface area contributed by atoms with E-state index in [-0.39, 0.29) is 43.8 Å². The molecule has 0 aliphatic carbocycles. The second kappa shape index (κ2) is 5.44. The van der Waals surface area contributed by atoms with Crippen molar-refractivity contribution < 1.29 is 13.6 Å². The molecule has 2 heterocycles. The summed E-state index contributed by atoms with van der Waals surface area (Å²) in [4.78, 5) is 12.5. The lowest BCUT2D eigenvalue weighted by atomic mass is 10.1. The SMILES string of the molecule is Cl.Cl.NC(=O)C1CN2CC(F)(F)CC2CN1. The maximum Gasteiger partial charge on any atom is 0.262 e. The lowest BCUT2D eigenvalue weighted by Gasteiger charge is -2.33. The molecule has 96 valence electrons. The topological polar surface area (TPSA) is 58.4 Å². The van der Waals surface area contributed by atoms with Gasteiger partial charge in [-0.05, 0) is 0 Å². The molecule has 0 radical (unpaired) electrons. The molecular formula is C8H15Cl2F2N3O. The van der Waals surface area contributed by atoms with Crippen LogP contribution in [0.4, 0.5) is 8.78 Å². The van der Waals surface area contributed by atoms with Crippen LogP contribution in [0, 0.1) is 0 Å². The predicted octanol–water partition coefficient (Wildman–Crippen LogP) is -0.00330. The first-order chi connectivity index (χ1) is 6.48. The van der Waals surface area contributed by atoms with Crippen LogP contribution in [0.25, 0.3) is 0 Å². The van der Waals surface area contributed by atoms with Gasteiger partial charge in [0, 0.05) is 25.6 Å². The van der Waals surface area contributed by atoms with E-state index < -0.39 is 17.9 Å². The molecule has 0 aromatic carbocycles. The van der Waals surface area contributed by atoms with E-state index in [1.807, 2.05) is 0 Å². The number of rotatable bonds is 1. The largest absolute Gasteiger partial charge is 0.368 e. The average Bonchev–Trinajstić information content (AvgIpc) is 2.36. The molecule has 16 heavy (non-hydrogen) atoms. The van der Waals surface area contributed by atoms with Gasteiger partial charge in [-0.25, -0.2) is 8.78 Å². The van der Waals surface area contributed by atoms with Crippen molar-refractivity contribution in [3.8, 4) is 0 Å². The molecular weight excluding hydrogens is 263 g/mol. The molecule has 0 aromatic heterocycles. The third-order valence-electron chi connectivity index (χ3n) is 2.85. The fourth-order valence-corrected chi connectivity index (χ4v) is 2.15. The minimum absolute atomic E-state index is 0. The van der Waals surface area contributed by atoms with Crippen LogP contribution in [0.2, 0.25) is 0 Å². The van der Waals surface area contributed by atoms with E-state index in [2.05, 4.69) is 5.32 Å². The number of alkyl halides is 2. The molecule has 4 nitrogen and oxygen atoms in total. The predicted molar refractivity (Wildman–Crippen MR) is 60.4 cm³/mol. The van der Waals surface area contributed by atoms with E-state index in [1.165, 1.54) is 0 Å². The van der Waals surface area contributed by atoms with Gasteiger partial charge in [-0.15, -0.1) is 24.8 Å². The van der Waals surface area contributed by atoms with Gasteiger partial charge in [-0.3, -0.25) is 9.69 Å². The number of nitrogens with two attached hydrogens (primary N) is 1. The standard InChI is InChI=1S/C8H13F2N3O.2ClH/c9-8(10)1-5-2-12-6(7(11)14)3-13(5)4-8;;/h5-6,12H,1-4H2,(H2,11,14);2*1H. The van der Waals surface area contributed by atoms with Crippen molar-refractivity contribution in [2.45, 2.75) is 24.4 Å². The Labute approximate surface area is 105 Å². The summed E-state index contributed by atoms with van der Waals surface area (Å²) in [6.45, 7) is 0.474. The number of piperazine rings is 1. The zero-order valence-electron chi connectivity index (χ0n) is 8.49. The van der Waals surface area contributed by atoms with E-state index in [1.54, 1.807) is 4.90 Å². The van der Waals surface area contributed by atoms with Crippen molar-refractivity contribution in [2.24, 2.45) is 5.73 Å². The van der Waals surface area contributed by atoms with Gasteiger partial charge in [0.1, 0.15) is 0 Å². The molecule has 2 saturated heterocycles. The van der Waals surface area contributed by atoms with E-state index in [0.717, 1.165) is 0 Å². The second-order valence-corrected chi connectivity index (χ2v) is 4.01. The maximum atomic E-state index is 13.0. The van der Waals surface area contributed by atoms with E-state index in [9.17, 15) is 13.6 Å². The summed E-state index contributed by atoms with van der Waals surface area (Å²) in [5.74, 6) is -3.09. The van der Waals surface area contributed by atoms with Gasteiger partial charge in [-0.1, -0.05) is 0 Å². The van der Waals surface area contributed by atoms with E-state index in [4.69, 9.17) is 5.73 Å². The average molecular weight is 278 g/mol. The van der Waals surface area contributed by atoms with Crippen molar-refractivity contribution in [3.63, 3.8) is 0 Å². The Kier molecular flexibility index (Phi) is 5.38. The van der Waals surface area contributed by atoms with Crippen molar-refractivity contribution >= 4 is 30.7 Å². The normalized spacial score (nSPS) is 32.1. The van der Waals surface area contributed by atoms with Crippen molar-refractivity contribution in [1.82, 2.24) is 10.2 Å². The van der Waals surface area contributed by atoms with Crippen molar-refractivity contribution in [1.29, 1.82) is 0 Å². The minimum Gasteiger partial charge on any atom is -0.368 e. The third kappa shape index (κ3) is 3.16. The number of halogens is 4. The first-order valence-corrected chi connectivity index (χ1v) is 4.62. The molecule has 0 spiro atoms. The lowest BCUT2D eigenvalue weighted by molar-refractivity contribution is -0.121. The van der Waals surface area contributed by atoms with Gasteiger partial charge in [0.15, 0.2) is 0 Å². The zero-order chi connectivity index (χ0) is 10.3. The van der Waals surface area contributed by atoms with Crippen LogP contribution in [-0.4, -0.2) is 48.4 Å². The van der Waals surface area contributed by atoms with Gasteiger partial charge in [0.25, 0.3) is 5.92 Å². The highest BCUT2D eigenvalue weighted by Crippen LogP contribution is 2.32. The van der Waals surface area contributed by atoms with Crippen LogP contribution in [0.5, 0.6) is 0 Å². The van der Waals surface area contributed by atoms with Gasteiger partial charge < -0.3 is 11.1 Å². The Morgan fingerprint density at radius 3 is 2.62 bits per heavy atom. The van der Waals surface area contributed by atoms with Crippen molar-refractivity contribution in [2.75, 3.05) is 19.6 Å². The van der Waals surface area contributed by atoms with E-state index in [0.29, 0.717) is 13.1 Å². The smallest absolute Gasteiger partial charge is 0.262 e. The Balaban J connectivity index is 0.00000112. The first-order valence-electron chi connectivity index (χ1n) is 4.62. The number of carbonyl (C=O) groups excluding carboxylic acids is 1. The number of hydrogen-bond acceptors (Lipinski definition) is 3. The maximum absolute atomic E-state index is 13.0. The number of fused-ring (bicyclic) bond motifs is 1. The molecule has 2 fully saturated rings. The summed E-state index contributed by atoms with van der Waals surface area (Å²) in [5, 5.41) is 2.88. The lowest BCUT2D eigenvalue weighted by Crippen LogP contribution is -2.58. The second-order valence-electron chi connectivity index (χ2n) is 4.01. The monoisotopic (exact) mass is 277 g/mol. The third-order valence-corrected chi connectivity index (χ3v) is 2.85. The molecule has 0 saturated carbocycles. The summed E-state index contributed by atoms with van der Waals surface area (Å²) in [6, 6.07) is -0.638. The summed E-state index contributed by atoms with van der Waals surface area (Å²) in [7, 11) is 0. The molecule has 8 heteroatoms. The minimum atomic E-state index is -2.61. The first kappa shape index (κ1) is 15.8. The number of nitrogens with zero attached hydrogens (tertiary/aromatic N) is 1. The number of primary amides is 1. The highest BCUT2D eigenvalue weighted by molar-refractivity contribution is 5.85. The van der Waals surface area contributed by atoms with Crippen LogP contribution in [0.15, 0.2) is 0 Å². The molecule has 1 amide bonds. The Morgan fingerprint density at radius 1 is 1.44 bits per heavy atom. The summed E-state index contributed by atoms with van der Waals surface area (Å²) in [6.07, 6.45) is -0.120. The number of hydrogen-bond donors (Lipinski definition) is 2. The van der Waals surface area contributed by atoms with Crippen LogP contribution < -0.4 is 11.1 Å². The van der Waals surface area contributed by atoms with Crippen LogP contribution >= 0.6 is 24.8 Å². The Morgan fingerprint density at radius 2 is 2.06 bits per heavy atom. The molecule has 3 N–H and O–H groups in total. The number of nitrogens with one attached hydrogen (secondary N) is 1. The van der Waals surface area contributed by atoms with Gasteiger partial charge >= 0.3 is 0 Å². The highest BCUT2D eigenvalue weighted by atomic mass is 35.5. The quantitative estimate of drug-likeness (QED) is 0.709. The van der Waals surface area contributed by atoms with Gasteiger partial charge in [-0.2, -0.15) is 0 Å². The zero-order valence-corrected chi connectivity index (χ0v) is 10.1. The molecule has 2 aliphatic heterocycles. The van der Waals surface area contributed by atoms with Crippen molar-refractivity contribution in [3.05, 3.63) is 0 Å². The number of carbonyl (C=O) groups is 1. The fourth-order valence-electron chi connectivity index (χ4n) is 2.15. The summed E-state index contributed by atoms with van der Waals surface area (Å²) >= 11 is 0. The summed E-state index contributed by atoms with van der Waals surface area (Å²) < 4.78 is 26.0. The van der Waals surface area contributed by atoms with Gasteiger partial charge in [0.05, 0.1) is 12.6 Å². The van der Waals surface area contributed by atoms with E-state index >= 15 is 0 Å². The molecule has 2 aliphatic rings. The fraction of sp³-hybridized carbons (Fsp3) is 0.875. The van der Waals surface area contributed by atoms with Crippen LogP contribution in [0.1, 0.15) is 6.42 Å². The number of amides is 1. The van der Waals surface area contributed by atoms with Crippen LogP contribution in [0.3, 0.4) is 0 Å². The Hall–Kier alpha value is -0.170. The molecule has 2 atom stereocenters. The molecule has 2 unspecified atom stereocenters. The Bertz CT molecular complexity index is 268.